The number of hydrogen-bond acceptors (Lipinski definition) is 7. The van der Waals surface area contributed by atoms with Crippen molar-refractivity contribution in [3.63, 3.8) is 0 Å². The van der Waals surface area contributed by atoms with E-state index in [0.717, 1.165) is 0 Å². The highest BCUT2D eigenvalue weighted by molar-refractivity contribution is 7.89. The van der Waals surface area contributed by atoms with Crippen LogP contribution in [0.1, 0.15) is 20.7 Å². The molecule has 12 heteroatoms. The van der Waals surface area contributed by atoms with Crippen molar-refractivity contribution in [2.75, 3.05) is 38.2 Å². The fourth-order valence-electron chi connectivity index (χ4n) is 2.89. The van der Waals surface area contributed by atoms with Crippen LogP contribution in [0.2, 0.25) is 5.02 Å². The van der Waals surface area contributed by atoms with Gasteiger partial charge in [-0.2, -0.15) is 4.31 Å². The Morgan fingerprint density at radius 1 is 1.06 bits per heavy atom. The zero-order valence-electron chi connectivity index (χ0n) is 16.7. The van der Waals surface area contributed by atoms with Crippen LogP contribution in [0.15, 0.2) is 47.4 Å². The molecule has 32 heavy (non-hydrogen) atoms. The minimum absolute atomic E-state index is 0.0142. The fraction of sp³-hybridized carbons (Fsp3) is 0.250. The van der Waals surface area contributed by atoms with Gasteiger partial charge in [0.1, 0.15) is 4.90 Å². The number of ether oxygens (including phenoxy) is 2. The van der Waals surface area contributed by atoms with E-state index >= 15 is 0 Å². The van der Waals surface area contributed by atoms with Crippen LogP contribution in [0, 0.1) is 0 Å². The van der Waals surface area contributed by atoms with Crippen molar-refractivity contribution >= 4 is 45.1 Å². The predicted octanol–water partition coefficient (Wildman–Crippen LogP) is 1.26. The molecule has 0 radical (unpaired) electrons. The van der Waals surface area contributed by atoms with Crippen LogP contribution >= 0.6 is 11.6 Å². The summed E-state index contributed by atoms with van der Waals surface area (Å²) in [7, 11) is -3.87. The summed E-state index contributed by atoms with van der Waals surface area (Å²) in [6.07, 6.45) is 0. The molecule has 170 valence electrons. The van der Waals surface area contributed by atoms with Crippen LogP contribution in [-0.4, -0.2) is 63.4 Å². The van der Waals surface area contributed by atoms with Crippen molar-refractivity contribution in [3.05, 3.63) is 58.6 Å². The Kier molecular flexibility index (Phi) is 7.46. The van der Waals surface area contributed by atoms with E-state index in [4.69, 9.17) is 26.8 Å². The molecule has 0 saturated carbocycles. The molecule has 0 spiro atoms. The van der Waals surface area contributed by atoms with Crippen LogP contribution in [0.3, 0.4) is 0 Å². The highest BCUT2D eigenvalue weighted by Crippen LogP contribution is 2.28. The van der Waals surface area contributed by atoms with Crippen LogP contribution < -0.4 is 11.1 Å². The lowest BCUT2D eigenvalue weighted by Crippen LogP contribution is -2.40. The van der Waals surface area contributed by atoms with E-state index < -0.39 is 34.4 Å². The maximum absolute atomic E-state index is 12.9. The molecule has 1 aliphatic rings. The number of amides is 2. The third-order valence-corrected chi connectivity index (χ3v) is 6.92. The largest absolute Gasteiger partial charge is 0.452 e. The Balaban J connectivity index is 1.63. The topological polar surface area (TPSA) is 145 Å². The third kappa shape index (κ3) is 5.62. The average Bonchev–Trinajstić information content (AvgIpc) is 2.79. The summed E-state index contributed by atoms with van der Waals surface area (Å²) in [5.41, 5.74) is 5.67. The quantitative estimate of drug-likeness (QED) is 0.566. The number of carbonyl (C=O) groups is 3. The van der Waals surface area contributed by atoms with Crippen molar-refractivity contribution < 1.29 is 32.3 Å². The highest BCUT2D eigenvalue weighted by atomic mass is 35.5. The molecule has 3 N–H and O–H groups in total. The summed E-state index contributed by atoms with van der Waals surface area (Å²) >= 11 is 6.09. The van der Waals surface area contributed by atoms with Gasteiger partial charge in [-0.15, -0.1) is 0 Å². The Morgan fingerprint density at radius 3 is 2.31 bits per heavy atom. The van der Waals surface area contributed by atoms with Gasteiger partial charge in [0.25, 0.3) is 5.91 Å². The van der Waals surface area contributed by atoms with E-state index in [0.29, 0.717) is 0 Å². The van der Waals surface area contributed by atoms with E-state index in [1.165, 1.54) is 46.8 Å². The second kappa shape index (κ2) is 10.1. The van der Waals surface area contributed by atoms with Gasteiger partial charge in [-0.25, -0.2) is 13.2 Å². The zero-order chi connectivity index (χ0) is 23.3. The maximum atomic E-state index is 12.9. The van der Waals surface area contributed by atoms with E-state index in [9.17, 15) is 22.8 Å². The van der Waals surface area contributed by atoms with Crippen molar-refractivity contribution in [2.45, 2.75) is 4.90 Å². The molecule has 1 aliphatic heterocycles. The highest BCUT2D eigenvalue weighted by Gasteiger charge is 2.28. The van der Waals surface area contributed by atoms with Crippen molar-refractivity contribution in [2.24, 2.45) is 5.73 Å². The van der Waals surface area contributed by atoms with Crippen molar-refractivity contribution in [1.29, 1.82) is 0 Å². The molecule has 3 rings (SSSR count). The number of nitrogens with one attached hydrogen (secondary N) is 1. The summed E-state index contributed by atoms with van der Waals surface area (Å²) in [6, 6.07) is 9.46. The Morgan fingerprint density at radius 2 is 1.69 bits per heavy atom. The minimum atomic E-state index is -3.87. The second-order valence-electron chi connectivity index (χ2n) is 6.73. The van der Waals surface area contributed by atoms with E-state index in [-0.39, 0.29) is 53.0 Å². The van der Waals surface area contributed by atoms with Gasteiger partial charge in [-0.3, -0.25) is 9.59 Å². The number of nitrogens with two attached hydrogens (primary N) is 1. The molecule has 2 aromatic rings. The van der Waals surface area contributed by atoms with E-state index in [2.05, 4.69) is 5.32 Å². The van der Waals surface area contributed by atoms with Crippen LogP contribution in [0.5, 0.6) is 0 Å². The second-order valence-corrected chi connectivity index (χ2v) is 9.04. The first-order valence-electron chi connectivity index (χ1n) is 9.43. The number of rotatable bonds is 7. The van der Waals surface area contributed by atoms with Gasteiger partial charge in [-0.05, 0) is 42.5 Å². The maximum Gasteiger partial charge on any atom is 0.338 e. The molecule has 2 amide bonds. The zero-order valence-corrected chi connectivity index (χ0v) is 18.3. The fourth-order valence-corrected chi connectivity index (χ4v) is 4.80. The van der Waals surface area contributed by atoms with Gasteiger partial charge in [0, 0.05) is 24.3 Å². The Labute approximate surface area is 189 Å². The molecule has 0 aliphatic carbocycles. The minimum Gasteiger partial charge on any atom is -0.452 e. The van der Waals surface area contributed by atoms with Crippen LogP contribution in [0.25, 0.3) is 0 Å². The van der Waals surface area contributed by atoms with Crippen LogP contribution in [-0.2, 0) is 24.3 Å². The molecular weight excluding hydrogens is 462 g/mol. The number of anilines is 1. The first kappa shape index (κ1) is 23.7. The molecule has 1 fully saturated rings. The molecule has 10 nitrogen and oxygen atoms in total. The molecule has 0 aromatic heterocycles. The number of benzene rings is 2. The lowest BCUT2D eigenvalue weighted by Gasteiger charge is -2.26. The Bertz CT molecular complexity index is 1130. The van der Waals surface area contributed by atoms with Crippen LogP contribution in [0.4, 0.5) is 5.69 Å². The first-order chi connectivity index (χ1) is 15.2. The molecule has 0 atom stereocenters. The van der Waals surface area contributed by atoms with E-state index in [1.807, 2.05) is 0 Å². The number of halogens is 1. The molecule has 0 bridgehead atoms. The number of esters is 1. The number of hydrogen-bond donors (Lipinski definition) is 2. The standard InChI is InChI=1S/C20H20ClN3O7S/c21-16-6-5-15(11-17(16)32(28,29)24-7-9-30-10-8-24)23-18(25)12-31-20(27)14-3-1-13(2-4-14)19(22)26/h1-6,11H,7-10,12H2,(H2,22,26)(H,23,25). The van der Waals surface area contributed by atoms with E-state index in [1.54, 1.807) is 0 Å². The Hall–Kier alpha value is -2.99. The van der Waals surface area contributed by atoms with Gasteiger partial charge >= 0.3 is 5.97 Å². The summed E-state index contributed by atoms with van der Waals surface area (Å²) in [5, 5.41) is 2.49. The summed E-state index contributed by atoms with van der Waals surface area (Å²) in [4.78, 5) is 35.2. The molecule has 1 heterocycles. The lowest BCUT2D eigenvalue weighted by molar-refractivity contribution is -0.119. The van der Waals surface area contributed by atoms with Gasteiger partial charge in [0.15, 0.2) is 6.61 Å². The first-order valence-corrected chi connectivity index (χ1v) is 11.2. The third-order valence-electron chi connectivity index (χ3n) is 4.54. The van der Waals surface area contributed by atoms with Gasteiger partial charge < -0.3 is 20.5 Å². The lowest BCUT2D eigenvalue weighted by atomic mass is 10.1. The van der Waals surface area contributed by atoms with Crippen molar-refractivity contribution in [1.82, 2.24) is 4.31 Å². The predicted molar refractivity (Wildman–Crippen MR) is 115 cm³/mol. The number of nitrogens with zero attached hydrogens (tertiary/aromatic N) is 1. The van der Waals surface area contributed by atoms with Gasteiger partial charge in [-0.1, -0.05) is 11.6 Å². The number of carbonyl (C=O) groups excluding carboxylic acids is 3. The summed E-state index contributed by atoms with van der Waals surface area (Å²) in [5.74, 6) is -2.09. The number of morpholine rings is 1. The molecular formula is C20H20ClN3O7S. The number of sulfonamides is 1. The SMILES string of the molecule is NC(=O)c1ccc(C(=O)OCC(=O)Nc2ccc(Cl)c(S(=O)(=O)N3CCOCC3)c2)cc1. The molecule has 0 unspecified atom stereocenters. The summed E-state index contributed by atoms with van der Waals surface area (Å²) in [6.45, 7) is 0.357. The number of primary amides is 1. The van der Waals surface area contributed by atoms with Gasteiger partial charge in [0.05, 0.1) is 23.8 Å². The van der Waals surface area contributed by atoms with Gasteiger partial charge in [0.2, 0.25) is 15.9 Å². The summed E-state index contributed by atoms with van der Waals surface area (Å²) < 4.78 is 37.1. The molecule has 2 aromatic carbocycles. The van der Waals surface area contributed by atoms with Crippen molar-refractivity contribution in [3.8, 4) is 0 Å². The normalized spacial score (nSPS) is 14.5. The smallest absolute Gasteiger partial charge is 0.338 e. The average molecular weight is 482 g/mol. The molecule has 1 saturated heterocycles. The monoisotopic (exact) mass is 481 g/mol.